The Morgan fingerprint density at radius 2 is 2.33 bits per heavy atom. The molecular formula is C12H14ClN3O2. The van der Waals surface area contributed by atoms with Crippen molar-refractivity contribution in [1.82, 2.24) is 5.32 Å². The highest BCUT2D eigenvalue weighted by Gasteiger charge is 2.16. The van der Waals surface area contributed by atoms with Gasteiger partial charge in [0.2, 0.25) is 0 Å². The van der Waals surface area contributed by atoms with E-state index in [9.17, 15) is 10.1 Å². The molecule has 18 heavy (non-hydrogen) atoms. The summed E-state index contributed by atoms with van der Waals surface area (Å²) in [6.07, 6.45) is 3.05. The lowest BCUT2D eigenvalue weighted by atomic mass is 10.1. The topological polar surface area (TPSA) is 67.2 Å². The second-order valence-electron chi connectivity index (χ2n) is 4.06. The molecular weight excluding hydrogens is 254 g/mol. The van der Waals surface area contributed by atoms with E-state index in [0.717, 1.165) is 19.5 Å². The molecule has 0 bridgehead atoms. The lowest BCUT2D eigenvalue weighted by Gasteiger charge is -2.15. The van der Waals surface area contributed by atoms with Crippen LogP contribution in [-0.4, -0.2) is 24.6 Å². The summed E-state index contributed by atoms with van der Waals surface area (Å²) < 4.78 is 0. The molecule has 1 aromatic carbocycles. The number of nitrogens with one attached hydrogen (secondary N) is 2. The van der Waals surface area contributed by atoms with Crippen LogP contribution < -0.4 is 10.6 Å². The summed E-state index contributed by atoms with van der Waals surface area (Å²) in [5.41, 5.74) is 1.64. The minimum Gasteiger partial charge on any atom is -0.375 e. The molecule has 1 aromatic rings. The lowest BCUT2D eigenvalue weighted by molar-refractivity contribution is -0.383. The van der Waals surface area contributed by atoms with Gasteiger partial charge in [0.15, 0.2) is 0 Å². The molecule has 0 amide bonds. The zero-order valence-corrected chi connectivity index (χ0v) is 10.5. The Morgan fingerprint density at radius 1 is 1.50 bits per heavy atom. The fourth-order valence-electron chi connectivity index (χ4n) is 1.87. The van der Waals surface area contributed by atoms with Crippen LogP contribution in [0.5, 0.6) is 0 Å². The Kier molecular flexibility index (Phi) is 4.17. The van der Waals surface area contributed by atoms with Gasteiger partial charge >= 0.3 is 0 Å². The van der Waals surface area contributed by atoms with Gasteiger partial charge in [-0.2, -0.15) is 0 Å². The molecule has 0 saturated carbocycles. The second kappa shape index (κ2) is 5.84. The molecule has 0 atom stereocenters. The normalized spacial score (nSPS) is 15.1. The average Bonchev–Trinajstić information content (AvgIpc) is 2.38. The zero-order chi connectivity index (χ0) is 13.0. The summed E-state index contributed by atoms with van der Waals surface area (Å²) in [5.74, 6) is 0. The van der Waals surface area contributed by atoms with E-state index in [2.05, 4.69) is 16.7 Å². The van der Waals surface area contributed by atoms with Crippen LogP contribution in [0.4, 0.5) is 11.4 Å². The molecule has 0 aromatic heterocycles. The van der Waals surface area contributed by atoms with Crippen molar-refractivity contribution in [3.05, 3.63) is 45.0 Å². The van der Waals surface area contributed by atoms with Crippen LogP contribution in [0.15, 0.2) is 29.8 Å². The number of nitro groups is 1. The summed E-state index contributed by atoms with van der Waals surface area (Å²) >= 11 is 5.99. The molecule has 2 rings (SSSR count). The molecule has 0 radical (unpaired) electrons. The van der Waals surface area contributed by atoms with Crippen LogP contribution in [0, 0.1) is 10.1 Å². The first-order valence-corrected chi connectivity index (χ1v) is 6.11. The van der Waals surface area contributed by atoms with Gasteiger partial charge in [-0.3, -0.25) is 10.1 Å². The number of nitro benzene ring substituents is 1. The minimum atomic E-state index is -0.426. The Bertz CT molecular complexity index is 488. The summed E-state index contributed by atoms with van der Waals surface area (Å²) in [6, 6.07) is 4.67. The summed E-state index contributed by atoms with van der Waals surface area (Å²) in [6.45, 7) is 2.38. The highest BCUT2D eigenvalue weighted by atomic mass is 35.5. The number of nitrogens with zero attached hydrogens (tertiary/aromatic N) is 1. The largest absolute Gasteiger partial charge is 0.375 e. The standard InChI is InChI=1S/C12H14ClN3O2/c13-10-2-1-3-11(16(17)18)12(10)15-8-9-4-6-14-7-5-9/h1-4,14-15H,5-8H2. The first-order chi connectivity index (χ1) is 8.68. The molecule has 0 spiro atoms. The van der Waals surface area contributed by atoms with E-state index in [-0.39, 0.29) is 5.69 Å². The van der Waals surface area contributed by atoms with Crippen molar-refractivity contribution in [2.24, 2.45) is 0 Å². The van der Waals surface area contributed by atoms with Gasteiger partial charge in [-0.1, -0.05) is 29.3 Å². The molecule has 1 heterocycles. The highest BCUT2D eigenvalue weighted by Crippen LogP contribution is 2.31. The predicted octanol–water partition coefficient (Wildman–Crippen LogP) is 2.58. The van der Waals surface area contributed by atoms with Crippen molar-refractivity contribution in [1.29, 1.82) is 0 Å². The molecule has 1 aliphatic rings. The van der Waals surface area contributed by atoms with E-state index in [4.69, 9.17) is 11.6 Å². The van der Waals surface area contributed by atoms with Crippen LogP contribution in [0.2, 0.25) is 5.02 Å². The van der Waals surface area contributed by atoms with Gasteiger partial charge in [-0.15, -0.1) is 0 Å². The van der Waals surface area contributed by atoms with Gasteiger partial charge in [-0.05, 0) is 19.0 Å². The SMILES string of the molecule is O=[N+]([O-])c1cccc(Cl)c1NCC1=CCNCC1. The van der Waals surface area contributed by atoms with Crippen molar-refractivity contribution < 1.29 is 4.92 Å². The summed E-state index contributed by atoms with van der Waals surface area (Å²) in [5, 5.41) is 17.6. The molecule has 0 fully saturated rings. The van der Waals surface area contributed by atoms with E-state index >= 15 is 0 Å². The van der Waals surface area contributed by atoms with Gasteiger partial charge in [0, 0.05) is 19.2 Å². The third kappa shape index (κ3) is 3.00. The van der Waals surface area contributed by atoms with Gasteiger partial charge < -0.3 is 10.6 Å². The van der Waals surface area contributed by atoms with Crippen molar-refractivity contribution in [2.45, 2.75) is 6.42 Å². The molecule has 0 saturated heterocycles. The van der Waals surface area contributed by atoms with Crippen molar-refractivity contribution in [3.63, 3.8) is 0 Å². The number of anilines is 1. The van der Waals surface area contributed by atoms with Gasteiger partial charge in [0.25, 0.3) is 5.69 Å². The molecule has 6 heteroatoms. The summed E-state index contributed by atoms with van der Waals surface area (Å²) in [7, 11) is 0. The molecule has 0 unspecified atom stereocenters. The number of hydrogen-bond acceptors (Lipinski definition) is 4. The molecule has 96 valence electrons. The van der Waals surface area contributed by atoms with E-state index in [1.807, 2.05) is 0 Å². The van der Waals surface area contributed by atoms with Crippen LogP contribution in [0.25, 0.3) is 0 Å². The van der Waals surface area contributed by atoms with Crippen LogP contribution in [-0.2, 0) is 0 Å². The number of benzene rings is 1. The molecule has 1 aliphatic heterocycles. The number of halogens is 1. The van der Waals surface area contributed by atoms with E-state index in [1.54, 1.807) is 12.1 Å². The molecule has 0 aliphatic carbocycles. The maximum absolute atomic E-state index is 10.9. The van der Waals surface area contributed by atoms with Gasteiger partial charge in [-0.25, -0.2) is 0 Å². The highest BCUT2D eigenvalue weighted by molar-refractivity contribution is 6.33. The van der Waals surface area contributed by atoms with Crippen molar-refractivity contribution >= 4 is 23.0 Å². The smallest absolute Gasteiger partial charge is 0.293 e. The summed E-state index contributed by atoms with van der Waals surface area (Å²) in [4.78, 5) is 10.5. The van der Waals surface area contributed by atoms with E-state index in [0.29, 0.717) is 17.3 Å². The maximum Gasteiger partial charge on any atom is 0.293 e. The van der Waals surface area contributed by atoms with Crippen LogP contribution in [0.1, 0.15) is 6.42 Å². The van der Waals surface area contributed by atoms with Crippen LogP contribution in [0.3, 0.4) is 0 Å². The Morgan fingerprint density at radius 3 is 3.00 bits per heavy atom. The predicted molar refractivity (Wildman–Crippen MR) is 72.2 cm³/mol. The van der Waals surface area contributed by atoms with Gasteiger partial charge in [0.1, 0.15) is 5.69 Å². The van der Waals surface area contributed by atoms with Crippen LogP contribution >= 0.6 is 11.6 Å². The number of hydrogen-bond donors (Lipinski definition) is 2. The second-order valence-corrected chi connectivity index (χ2v) is 4.47. The fraction of sp³-hybridized carbons (Fsp3) is 0.333. The average molecular weight is 268 g/mol. The third-order valence-corrected chi connectivity index (χ3v) is 3.15. The minimum absolute atomic E-state index is 0.0111. The number of rotatable bonds is 4. The zero-order valence-electron chi connectivity index (χ0n) is 9.78. The third-order valence-electron chi connectivity index (χ3n) is 2.84. The number of para-hydroxylation sites is 1. The Hall–Kier alpha value is -1.59. The Balaban J connectivity index is 2.13. The monoisotopic (exact) mass is 267 g/mol. The van der Waals surface area contributed by atoms with E-state index in [1.165, 1.54) is 11.6 Å². The lowest BCUT2D eigenvalue weighted by Crippen LogP contribution is -2.23. The molecule has 2 N–H and O–H groups in total. The van der Waals surface area contributed by atoms with E-state index < -0.39 is 4.92 Å². The van der Waals surface area contributed by atoms with Crippen molar-refractivity contribution in [2.75, 3.05) is 25.0 Å². The first kappa shape index (κ1) is 12.9. The van der Waals surface area contributed by atoms with Gasteiger partial charge in [0.05, 0.1) is 9.95 Å². The fourth-order valence-corrected chi connectivity index (χ4v) is 2.11. The maximum atomic E-state index is 10.9. The quantitative estimate of drug-likeness (QED) is 0.500. The first-order valence-electron chi connectivity index (χ1n) is 5.74. The van der Waals surface area contributed by atoms with Crippen molar-refractivity contribution in [3.8, 4) is 0 Å². The molecule has 5 nitrogen and oxygen atoms in total. The Labute approximate surface area is 110 Å².